The van der Waals surface area contributed by atoms with E-state index in [1.165, 1.54) is 18.2 Å². The SMILES string of the molecule is Fc1ccc(OCCNCc2cccnc2)c(Cl)c1. The first-order valence-electron chi connectivity index (χ1n) is 5.93. The Morgan fingerprint density at radius 3 is 2.95 bits per heavy atom. The van der Waals surface area contributed by atoms with E-state index in [2.05, 4.69) is 10.3 Å². The van der Waals surface area contributed by atoms with Crippen molar-refractivity contribution in [3.05, 3.63) is 59.1 Å². The summed E-state index contributed by atoms with van der Waals surface area (Å²) in [5, 5.41) is 3.51. The molecule has 0 unspecified atom stereocenters. The number of hydrogen-bond acceptors (Lipinski definition) is 3. The zero-order valence-corrected chi connectivity index (χ0v) is 11.0. The molecular weight excluding hydrogens is 267 g/mol. The highest BCUT2D eigenvalue weighted by atomic mass is 35.5. The van der Waals surface area contributed by atoms with E-state index in [-0.39, 0.29) is 10.8 Å². The first-order chi connectivity index (χ1) is 9.25. The third kappa shape index (κ3) is 4.50. The Morgan fingerprint density at radius 1 is 1.32 bits per heavy atom. The number of halogens is 2. The van der Waals surface area contributed by atoms with Crippen molar-refractivity contribution in [2.75, 3.05) is 13.2 Å². The van der Waals surface area contributed by atoms with Crippen molar-refractivity contribution in [2.45, 2.75) is 6.54 Å². The fraction of sp³-hybridized carbons (Fsp3) is 0.214. The van der Waals surface area contributed by atoms with Gasteiger partial charge < -0.3 is 10.1 Å². The van der Waals surface area contributed by atoms with Gasteiger partial charge in [0.2, 0.25) is 0 Å². The summed E-state index contributed by atoms with van der Waals surface area (Å²) in [5.74, 6) is 0.123. The first kappa shape index (κ1) is 13.8. The van der Waals surface area contributed by atoms with Crippen molar-refractivity contribution in [3.8, 4) is 5.75 Å². The number of pyridine rings is 1. The Kier molecular flexibility index (Phi) is 5.12. The van der Waals surface area contributed by atoms with Crippen LogP contribution in [0.3, 0.4) is 0 Å². The van der Waals surface area contributed by atoms with Gasteiger partial charge in [0.1, 0.15) is 18.2 Å². The quantitative estimate of drug-likeness (QED) is 0.826. The van der Waals surface area contributed by atoms with Gasteiger partial charge in [0.05, 0.1) is 5.02 Å². The Morgan fingerprint density at radius 2 is 2.21 bits per heavy atom. The second kappa shape index (κ2) is 7.07. The zero-order chi connectivity index (χ0) is 13.5. The monoisotopic (exact) mass is 280 g/mol. The highest BCUT2D eigenvalue weighted by Gasteiger charge is 2.02. The van der Waals surface area contributed by atoms with Gasteiger partial charge in [0, 0.05) is 25.5 Å². The van der Waals surface area contributed by atoms with Crippen molar-refractivity contribution in [3.63, 3.8) is 0 Å². The smallest absolute Gasteiger partial charge is 0.138 e. The summed E-state index contributed by atoms with van der Waals surface area (Å²) in [6.07, 6.45) is 3.55. The zero-order valence-electron chi connectivity index (χ0n) is 10.3. The fourth-order valence-electron chi connectivity index (χ4n) is 1.56. The van der Waals surface area contributed by atoms with E-state index >= 15 is 0 Å². The molecule has 0 saturated carbocycles. The molecule has 0 aliphatic carbocycles. The first-order valence-corrected chi connectivity index (χ1v) is 6.31. The van der Waals surface area contributed by atoms with Crippen molar-refractivity contribution in [1.29, 1.82) is 0 Å². The maximum absolute atomic E-state index is 12.8. The molecule has 1 N–H and O–H groups in total. The minimum absolute atomic E-state index is 0.284. The van der Waals surface area contributed by atoms with Gasteiger partial charge in [0.15, 0.2) is 0 Å². The number of rotatable bonds is 6. The summed E-state index contributed by atoms with van der Waals surface area (Å²) in [6, 6.07) is 7.98. The van der Waals surface area contributed by atoms with E-state index in [0.29, 0.717) is 18.9 Å². The standard InChI is InChI=1S/C14H14ClFN2O/c15-13-8-12(16)3-4-14(13)19-7-6-18-10-11-2-1-5-17-9-11/h1-5,8-9,18H,6-7,10H2. The minimum Gasteiger partial charge on any atom is -0.491 e. The molecule has 0 atom stereocenters. The number of benzene rings is 1. The predicted octanol–water partition coefficient (Wildman–Crippen LogP) is 3.04. The summed E-state index contributed by atoms with van der Waals surface area (Å²) in [7, 11) is 0. The third-order valence-corrected chi connectivity index (χ3v) is 2.78. The molecule has 3 nitrogen and oxygen atoms in total. The van der Waals surface area contributed by atoms with E-state index < -0.39 is 0 Å². The lowest BCUT2D eigenvalue weighted by molar-refractivity contribution is 0.313. The number of hydrogen-bond donors (Lipinski definition) is 1. The van der Waals surface area contributed by atoms with E-state index in [4.69, 9.17) is 16.3 Å². The van der Waals surface area contributed by atoms with Gasteiger partial charge in [-0.1, -0.05) is 17.7 Å². The predicted molar refractivity (Wildman–Crippen MR) is 72.8 cm³/mol. The second-order valence-electron chi connectivity index (χ2n) is 3.96. The maximum Gasteiger partial charge on any atom is 0.138 e. The third-order valence-electron chi connectivity index (χ3n) is 2.48. The van der Waals surface area contributed by atoms with Gasteiger partial charge in [-0.25, -0.2) is 4.39 Å². The normalized spacial score (nSPS) is 10.4. The molecule has 0 fully saturated rings. The Balaban J connectivity index is 1.69. The average Bonchev–Trinajstić information content (AvgIpc) is 2.42. The lowest BCUT2D eigenvalue weighted by atomic mass is 10.3. The number of ether oxygens (including phenoxy) is 1. The van der Waals surface area contributed by atoms with E-state index in [1.54, 1.807) is 6.20 Å². The van der Waals surface area contributed by atoms with Crippen LogP contribution in [0.25, 0.3) is 0 Å². The molecule has 1 aromatic carbocycles. The number of nitrogens with one attached hydrogen (secondary N) is 1. The van der Waals surface area contributed by atoms with Crippen LogP contribution in [0.1, 0.15) is 5.56 Å². The second-order valence-corrected chi connectivity index (χ2v) is 4.37. The summed E-state index contributed by atoms with van der Waals surface area (Å²) in [5.41, 5.74) is 1.11. The molecule has 19 heavy (non-hydrogen) atoms. The van der Waals surface area contributed by atoms with Crippen LogP contribution in [0, 0.1) is 5.82 Å². The molecule has 2 rings (SSSR count). The van der Waals surface area contributed by atoms with Gasteiger partial charge in [-0.2, -0.15) is 0 Å². The van der Waals surface area contributed by atoms with Gasteiger partial charge in [-0.3, -0.25) is 4.98 Å². The van der Waals surface area contributed by atoms with Gasteiger partial charge in [0.25, 0.3) is 0 Å². The van der Waals surface area contributed by atoms with Crippen molar-refractivity contribution >= 4 is 11.6 Å². The van der Waals surface area contributed by atoms with Crippen LogP contribution in [0.4, 0.5) is 4.39 Å². The molecule has 0 spiro atoms. The van der Waals surface area contributed by atoms with Crippen LogP contribution in [0.5, 0.6) is 5.75 Å². The van der Waals surface area contributed by atoms with Crippen LogP contribution in [0.2, 0.25) is 5.02 Å². The summed E-state index contributed by atoms with van der Waals surface area (Å²) < 4.78 is 18.3. The molecule has 100 valence electrons. The van der Waals surface area contributed by atoms with Crippen molar-refractivity contribution < 1.29 is 9.13 Å². The number of nitrogens with zero attached hydrogens (tertiary/aromatic N) is 1. The largest absolute Gasteiger partial charge is 0.491 e. The average molecular weight is 281 g/mol. The summed E-state index contributed by atoms with van der Waals surface area (Å²) >= 11 is 5.84. The lowest BCUT2D eigenvalue weighted by Gasteiger charge is -2.09. The van der Waals surface area contributed by atoms with Gasteiger partial charge in [-0.15, -0.1) is 0 Å². The van der Waals surface area contributed by atoms with Crippen LogP contribution < -0.4 is 10.1 Å². The maximum atomic E-state index is 12.8. The molecule has 0 bridgehead atoms. The number of aromatic nitrogens is 1. The molecule has 0 aliphatic rings. The highest BCUT2D eigenvalue weighted by Crippen LogP contribution is 2.24. The highest BCUT2D eigenvalue weighted by molar-refractivity contribution is 6.32. The summed E-state index contributed by atoms with van der Waals surface area (Å²) in [4.78, 5) is 4.03. The van der Waals surface area contributed by atoms with Gasteiger partial charge >= 0.3 is 0 Å². The van der Waals surface area contributed by atoms with Crippen molar-refractivity contribution in [1.82, 2.24) is 10.3 Å². The molecule has 1 heterocycles. The topological polar surface area (TPSA) is 34.1 Å². The minimum atomic E-state index is -0.368. The molecular formula is C14H14ClFN2O. The van der Waals surface area contributed by atoms with Crippen LogP contribution in [0.15, 0.2) is 42.7 Å². The molecule has 2 aromatic rings. The van der Waals surface area contributed by atoms with Gasteiger partial charge in [-0.05, 0) is 29.8 Å². The molecule has 1 aromatic heterocycles. The molecule has 0 aliphatic heterocycles. The van der Waals surface area contributed by atoms with Crippen LogP contribution in [-0.4, -0.2) is 18.1 Å². The lowest BCUT2D eigenvalue weighted by Crippen LogP contribution is -2.20. The molecule has 0 amide bonds. The Labute approximate surface area is 116 Å². The Hall–Kier alpha value is -1.65. The molecule has 0 radical (unpaired) electrons. The van der Waals surface area contributed by atoms with Crippen LogP contribution in [-0.2, 0) is 6.54 Å². The van der Waals surface area contributed by atoms with Crippen LogP contribution >= 0.6 is 11.6 Å². The molecule has 0 saturated heterocycles. The van der Waals surface area contributed by atoms with Crippen molar-refractivity contribution in [2.24, 2.45) is 0 Å². The van der Waals surface area contributed by atoms with E-state index in [1.807, 2.05) is 18.3 Å². The fourth-order valence-corrected chi connectivity index (χ4v) is 1.78. The van der Waals surface area contributed by atoms with E-state index in [9.17, 15) is 4.39 Å². The Bertz CT molecular complexity index is 522. The molecule has 5 heteroatoms. The van der Waals surface area contributed by atoms with E-state index in [0.717, 1.165) is 12.1 Å². The summed E-state index contributed by atoms with van der Waals surface area (Å²) in [6.45, 7) is 1.86.